The van der Waals surface area contributed by atoms with E-state index in [0.717, 1.165) is 15.4 Å². The molecule has 0 aliphatic heterocycles. The SMILES string of the molecule is O=C(O)[C@@H]1CC[C@H](C(=O)NCc2ccccc2Sc2ccccc2)C1. The number of aliphatic carboxylic acids is 1. The molecule has 130 valence electrons. The highest BCUT2D eigenvalue weighted by Gasteiger charge is 2.33. The Morgan fingerprint density at radius 3 is 2.40 bits per heavy atom. The van der Waals surface area contributed by atoms with E-state index in [1.54, 1.807) is 11.8 Å². The number of carboxylic acid groups (broad SMARTS) is 1. The van der Waals surface area contributed by atoms with Gasteiger partial charge in [-0.2, -0.15) is 0 Å². The molecule has 2 aromatic rings. The number of hydrogen-bond acceptors (Lipinski definition) is 3. The van der Waals surface area contributed by atoms with Crippen molar-refractivity contribution in [1.29, 1.82) is 0 Å². The van der Waals surface area contributed by atoms with Crippen molar-refractivity contribution in [2.75, 3.05) is 0 Å². The van der Waals surface area contributed by atoms with Crippen LogP contribution in [0.15, 0.2) is 64.4 Å². The fourth-order valence-electron chi connectivity index (χ4n) is 3.14. The summed E-state index contributed by atoms with van der Waals surface area (Å²) >= 11 is 1.67. The third kappa shape index (κ3) is 4.63. The number of carbonyl (C=O) groups is 2. The van der Waals surface area contributed by atoms with Crippen molar-refractivity contribution < 1.29 is 14.7 Å². The van der Waals surface area contributed by atoms with Crippen LogP contribution in [0.1, 0.15) is 24.8 Å². The molecule has 2 atom stereocenters. The van der Waals surface area contributed by atoms with Crippen molar-refractivity contribution in [1.82, 2.24) is 5.32 Å². The van der Waals surface area contributed by atoms with Gasteiger partial charge in [0.1, 0.15) is 0 Å². The maximum absolute atomic E-state index is 12.3. The van der Waals surface area contributed by atoms with E-state index >= 15 is 0 Å². The van der Waals surface area contributed by atoms with Crippen LogP contribution in [-0.4, -0.2) is 17.0 Å². The van der Waals surface area contributed by atoms with Gasteiger partial charge < -0.3 is 10.4 Å². The topological polar surface area (TPSA) is 66.4 Å². The second kappa shape index (κ2) is 8.21. The molecule has 2 N–H and O–H groups in total. The number of benzene rings is 2. The Morgan fingerprint density at radius 1 is 1.00 bits per heavy atom. The first-order valence-electron chi connectivity index (χ1n) is 8.45. The van der Waals surface area contributed by atoms with Crippen molar-refractivity contribution >= 4 is 23.6 Å². The van der Waals surface area contributed by atoms with Crippen LogP contribution in [0.25, 0.3) is 0 Å². The molecule has 1 fully saturated rings. The summed E-state index contributed by atoms with van der Waals surface area (Å²) in [5.41, 5.74) is 1.07. The van der Waals surface area contributed by atoms with E-state index in [9.17, 15) is 9.59 Å². The highest BCUT2D eigenvalue weighted by molar-refractivity contribution is 7.99. The largest absolute Gasteiger partial charge is 0.481 e. The second-order valence-electron chi connectivity index (χ2n) is 6.29. The van der Waals surface area contributed by atoms with E-state index in [1.165, 1.54) is 0 Å². The molecule has 5 heteroatoms. The van der Waals surface area contributed by atoms with Crippen molar-refractivity contribution in [3.63, 3.8) is 0 Å². The predicted molar refractivity (Wildman–Crippen MR) is 97.3 cm³/mol. The number of carboxylic acids is 1. The van der Waals surface area contributed by atoms with Gasteiger partial charge in [0.2, 0.25) is 5.91 Å². The molecule has 0 radical (unpaired) electrons. The lowest BCUT2D eigenvalue weighted by atomic mass is 10.0. The van der Waals surface area contributed by atoms with Crippen LogP contribution in [0.4, 0.5) is 0 Å². The number of hydrogen-bond donors (Lipinski definition) is 2. The highest BCUT2D eigenvalue weighted by atomic mass is 32.2. The second-order valence-corrected chi connectivity index (χ2v) is 7.40. The van der Waals surface area contributed by atoms with Crippen LogP contribution >= 0.6 is 11.8 Å². The summed E-state index contributed by atoms with van der Waals surface area (Å²) < 4.78 is 0. The molecule has 0 unspecified atom stereocenters. The van der Waals surface area contributed by atoms with Gasteiger partial charge in [0.15, 0.2) is 0 Å². The Bertz CT molecular complexity index is 748. The summed E-state index contributed by atoms with van der Waals surface area (Å²) in [4.78, 5) is 25.6. The van der Waals surface area contributed by atoms with Crippen molar-refractivity contribution in [3.05, 3.63) is 60.2 Å². The molecule has 2 aromatic carbocycles. The lowest BCUT2D eigenvalue weighted by Gasteiger charge is -2.13. The molecule has 0 bridgehead atoms. The van der Waals surface area contributed by atoms with Crippen LogP contribution in [0, 0.1) is 11.8 Å². The average Bonchev–Trinajstić information content (AvgIpc) is 3.12. The van der Waals surface area contributed by atoms with E-state index < -0.39 is 5.97 Å². The molecule has 4 nitrogen and oxygen atoms in total. The fourth-order valence-corrected chi connectivity index (χ4v) is 4.10. The zero-order valence-electron chi connectivity index (χ0n) is 13.9. The standard InChI is InChI=1S/C20H21NO3S/c22-19(14-10-11-15(12-14)20(23)24)21-13-16-6-4-5-9-18(16)25-17-7-2-1-3-8-17/h1-9,14-15H,10-13H2,(H,21,22)(H,23,24)/t14-,15+/m0/s1. The lowest BCUT2D eigenvalue weighted by Crippen LogP contribution is -2.29. The third-order valence-corrected chi connectivity index (χ3v) is 5.68. The Hall–Kier alpha value is -2.27. The zero-order chi connectivity index (χ0) is 17.6. The summed E-state index contributed by atoms with van der Waals surface area (Å²) in [6, 6.07) is 18.1. The minimum atomic E-state index is -0.792. The molecule has 1 aliphatic carbocycles. The molecule has 1 aliphatic rings. The Balaban J connectivity index is 1.60. The Kier molecular flexibility index (Phi) is 5.76. The molecule has 25 heavy (non-hydrogen) atoms. The maximum atomic E-state index is 12.3. The summed E-state index contributed by atoms with van der Waals surface area (Å²) in [7, 11) is 0. The van der Waals surface area contributed by atoms with E-state index in [0.29, 0.717) is 25.8 Å². The van der Waals surface area contributed by atoms with Gasteiger partial charge in [-0.3, -0.25) is 9.59 Å². The molecule has 0 spiro atoms. The molecule has 3 rings (SSSR count). The number of nitrogens with one attached hydrogen (secondary N) is 1. The van der Waals surface area contributed by atoms with Gasteiger partial charge in [-0.05, 0) is 43.0 Å². The van der Waals surface area contributed by atoms with Gasteiger partial charge in [-0.15, -0.1) is 0 Å². The molecule has 1 amide bonds. The summed E-state index contributed by atoms with van der Waals surface area (Å²) in [6.07, 6.45) is 1.69. The molecular weight excluding hydrogens is 334 g/mol. The molecule has 0 aromatic heterocycles. The van der Waals surface area contributed by atoms with Gasteiger partial charge in [-0.1, -0.05) is 48.2 Å². The van der Waals surface area contributed by atoms with Gasteiger partial charge in [0.25, 0.3) is 0 Å². The molecule has 0 saturated heterocycles. The quantitative estimate of drug-likeness (QED) is 0.823. The summed E-state index contributed by atoms with van der Waals surface area (Å²) in [5, 5.41) is 12.0. The van der Waals surface area contributed by atoms with Crippen LogP contribution in [0.2, 0.25) is 0 Å². The van der Waals surface area contributed by atoms with Gasteiger partial charge in [0.05, 0.1) is 5.92 Å². The van der Waals surface area contributed by atoms with Gasteiger partial charge in [0, 0.05) is 22.3 Å². The summed E-state index contributed by atoms with van der Waals surface area (Å²) in [6.45, 7) is 0.461. The lowest BCUT2D eigenvalue weighted by molar-refractivity contribution is -0.141. The van der Waals surface area contributed by atoms with Crippen molar-refractivity contribution in [2.24, 2.45) is 11.8 Å². The molecule has 1 saturated carbocycles. The third-order valence-electron chi connectivity index (χ3n) is 4.55. The van der Waals surface area contributed by atoms with Gasteiger partial charge >= 0.3 is 5.97 Å². The highest BCUT2D eigenvalue weighted by Crippen LogP contribution is 2.32. The minimum absolute atomic E-state index is 0.0386. The van der Waals surface area contributed by atoms with E-state index in [2.05, 4.69) is 23.5 Å². The molecular formula is C20H21NO3S. The van der Waals surface area contributed by atoms with Crippen LogP contribution in [0.3, 0.4) is 0 Å². The predicted octanol–water partition coefficient (Wildman–Crippen LogP) is 3.95. The fraction of sp³-hybridized carbons (Fsp3) is 0.300. The van der Waals surface area contributed by atoms with Gasteiger partial charge in [-0.25, -0.2) is 0 Å². The first-order chi connectivity index (χ1) is 12.1. The Morgan fingerprint density at radius 2 is 1.68 bits per heavy atom. The maximum Gasteiger partial charge on any atom is 0.306 e. The van der Waals surface area contributed by atoms with E-state index in [4.69, 9.17) is 5.11 Å². The number of carbonyl (C=O) groups excluding carboxylic acids is 1. The van der Waals surface area contributed by atoms with Crippen LogP contribution in [-0.2, 0) is 16.1 Å². The zero-order valence-corrected chi connectivity index (χ0v) is 14.7. The summed E-state index contributed by atoms with van der Waals surface area (Å²) in [5.74, 6) is -1.39. The monoisotopic (exact) mass is 355 g/mol. The first-order valence-corrected chi connectivity index (χ1v) is 9.26. The van der Waals surface area contributed by atoms with Crippen molar-refractivity contribution in [3.8, 4) is 0 Å². The van der Waals surface area contributed by atoms with Crippen LogP contribution in [0.5, 0.6) is 0 Å². The van der Waals surface area contributed by atoms with E-state index in [1.807, 2.05) is 36.4 Å². The van der Waals surface area contributed by atoms with E-state index in [-0.39, 0.29) is 17.7 Å². The van der Waals surface area contributed by atoms with Crippen molar-refractivity contribution in [2.45, 2.75) is 35.6 Å². The minimum Gasteiger partial charge on any atom is -0.481 e. The number of rotatable bonds is 6. The normalized spacial score (nSPS) is 19.5. The average molecular weight is 355 g/mol. The number of amides is 1. The smallest absolute Gasteiger partial charge is 0.306 e. The van der Waals surface area contributed by atoms with Crippen LogP contribution < -0.4 is 5.32 Å². The first kappa shape index (κ1) is 17.5. The Labute approximate surface area is 151 Å². The molecule has 0 heterocycles.